The number of piperazine rings is 1. The molecule has 0 spiro atoms. The molecule has 1 aromatic rings. The van der Waals surface area contributed by atoms with Crippen LogP contribution in [-0.2, 0) is 6.54 Å². The second kappa shape index (κ2) is 7.46. The Hall–Kier alpha value is -0.970. The van der Waals surface area contributed by atoms with Crippen LogP contribution in [0.15, 0.2) is 24.5 Å². The van der Waals surface area contributed by atoms with E-state index in [-0.39, 0.29) is 0 Å². The highest BCUT2D eigenvalue weighted by Crippen LogP contribution is 2.03. The molecule has 2 heterocycles. The molecule has 18 heavy (non-hydrogen) atoms. The molecule has 0 saturated carbocycles. The maximum Gasteiger partial charge on any atom is 0.0271 e. The fourth-order valence-electron chi connectivity index (χ4n) is 2.31. The topological polar surface area (TPSA) is 31.4 Å². The van der Waals surface area contributed by atoms with Crippen molar-refractivity contribution in [2.24, 2.45) is 0 Å². The fraction of sp³-hybridized carbons (Fsp3) is 0.643. The second-order valence-corrected chi connectivity index (χ2v) is 4.82. The molecule has 0 aromatic carbocycles. The quantitative estimate of drug-likeness (QED) is 0.807. The van der Waals surface area contributed by atoms with Crippen molar-refractivity contribution in [3.05, 3.63) is 30.1 Å². The highest BCUT2D eigenvalue weighted by atomic mass is 15.2. The van der Waals surface area contributed by atoms with Crippen LogP contribution >= 0.6 is 0 Å². The highest BCUT2D eigenvalue weighted by Gasteiger charge is 2.11. The lowest BCUT2D eigenvalue weighted by Crippen LogP contribution is -2.46. The predicted octanol–water partition coefficient (Wildman–Crippen LogP) is 0.809. The van der Waals surface area contributed by atoms with Gasteiger partial charge in [-0.05, 0) is 24.2 Å². The summed E-state index contributed by atoms with van der Waals surface area (Å²) in [5, 5.41) is 3.39. The molecule has 0 radical (unpaired) electrons. The fourth-order valence-corrected chi connectivity index (χ4v) is 2.31. The summed E-state index contributed by atoms with van der Waals surface area (Å²) in [5.74, 6) is 0. The Morgan fingerprint density at radius 2 is 2.00 bits per heavy atom. The van der Waals surface area contributed by atoms with Gasteiger partial charge in [-0.1, -0.05) is 6.92 Å². The average Bonchev–Trinajstić information content (AvgIpc) is 2.45. The molecular weight excluding hydrogens is 224 g/mol. The number of pyridine rings is 1. The van der Waals surface area contributed by atoms with Gasteiger partial charge in [0, 0.05) is 58.2 Å². The third kappa shape index (κ3) is 4.37. The van der Waals surface area contributed by atoms with Crippen LogP contribution in [0.1, 0.15) is 12.5 Å². The molecule has 2 rings (SSSR count). The highest BCUT2D eigenvalue weighted by molar-refractivity contribution is 5.09. The van der Waals surface area contributed by atoms with Gasteiger partial charge < -0.3 is 5.32 Å². The first-order chi connectivity index (χ1) is 8.88. The van der Waals surface area contributed by atoms with Crippen molar-refractivity contribution in [2.75, 3.05) is 45.8 Å². The van der Waals surface area contributed by atoms with E-state index in [0.717, 1.165) is 32.7 Å². The van der Waals surface area contributed by atoms with E-state index in [4.69, 9.17) is 0 Å². The van der Waals surface area contributed by atoms with E-state index < -0.39 is 0 Å². The summed E-state index contributed by atoms with van der Waals surface area (Å²) < 4.78 is 0. The van der Waals surface area contributed by atoms with E-state index in [1.165, 1.54) is 25.2 Å². The summed E-state index contributed by atoms with van der Waals surface area (Å²) in [6, 6.07) is 4.21. The Kier molecular flexibility index (Phi) is 5.58. The average molecular weight is 248 g/mol. The van der Waals surface area contributed by atoms with Gasteiger partial charge in [-0.25, -0.2) is 0 Å². The maximum absolute atomic E-state index is 4.06. The van der Waals surface area contributed by atoms with Gasteiger partial charge in [-0.2, -0.15) is 0 Å². The Bertz CT molecular complexity index is 322. The lowest BCUT2D eigenvalue weighted by Gasteiger charge is -2.30. The standard InChI is InChI=1S/C14H24N4/c1-2-17(13-14-3-5-15-6-4-14)11-12-18-9-7-16-8-10-18/h3-6,16H,2,7-13H2,1H3. The third-order valence-corrected chi connectivity index (χ3v) is 3.54. The first kappa shape index (κ1) is 13.5. The van der Waals surface area contributed by atoms with Crippen molar-refractivity contribution >= 4 is 0 Å². The van der Waals surface area contributed by atoms with Crippen LogP contribution in [0, 0.1) is 0 Å². The zero-order valence-corrected chi connectivity index (χ0v) is 11.3. The van der Waals surface area contributed by atoms with Crippen molar-refractivity contribution in [3.63, 3.8) is 0 Å². The SMILES string of the molecule is CCN(CCN1CCNCC1)Cc1ccncc1. The summed E-state index contributed by atoms with van der Waals surface area (Å²) in [5.41, 5.74) is 1.35. The molecule has 0 unspecified atom stereocenters. The lowest BCUT2D eigenvalue weighted by molar-refractivity contribution is 0.189. The van der Waals surface area contributed by atoms with Gasteiger partial charge in [-0.3, -0.25) is 14.8 Å². The number of hydrogen-bond acceptors (Lipinski definition) is 4. The first-order valence-corrected chi connectivity index (χ1v) is 6.93. The van der Waals surface area contributed by atoms with Gasteiger partial charge in [0.05, 0.1) is 0 Å². The predicted molar refractivity (Wildman–Crippen MR) is 74.5 cm³/mol. The minimum atomic E-state index is 1.03. The first-order valence-electron chi connectivity index (χ1n) is 6.93. The molecule has 0 bridgehead atoms. The van der Waals surface area contributed by atoms with Crippen molar-refractivity contribution < 1.29 is 0 Å². The van der Waals surface area contributed by atoms with Crippen molar-refractivity contribution in [1.82, 2.24) is 20.1 Å². The number of aromatic nitrogens is 1. The van der Waals surface area contributed by atoms with Gasteiger partial charge in [0.25, 0.3) is 0 Å². The molecule has 1 fully saturated rings. The van der Waals surface area contributed by atoms with E-state index in [1.54, 1.807) is 0 Å². The number of likely N-dealkylation sites (N-methyl/N-ethyl adjacent to an activating group) is 1. The van der Waals surface area contributed by atoms with Gasteiger partial charge in [0.2, 0.25) is 0 Å². The summed E-state index contributed by atoms with van der Waals surface area (Å²) in [7, 11) is 0. The minimum Gasteiger partial charge on any atom is -0.314 e. The van der Waals surface area contributed by atoms with E-state index in [0.29, 0.717) is 0 Å². The number of nitrogens with zero attached hydrogens (tertiary/aromatic N) is 3. The van der Waals surface area contributed by atoms with E-state index in [1.807, 2.05) is 12.4 Å². The maximum atomic E-state index is 4.06. The largest absolute Gasteiger partial charge is 0.314 e. The van der Waals surface area contributed by atoms with Crippen molar-refractivity contribution in [1.29, 1.82) is 0 Å². The summed E-state index contributed by atoms with van der Waals surface area (Å²) in [4.78, 5) is 9.11. The number of hydrogen-bond donors (Lipinski definition) is 1. The molecular formula is C14H24N4. The summed E-state index contributed by atoms with van der Waals surface area (Å²) in [6.07, 6.45) is 3.75. The summed E-state index contributed by atoms with van der Waals surface area (Å²) in [6.45, 7) is 11.4. The Balaban J connectivity index is 1.75. The van der Waals surface area contributed by atoms with Crippen LogP contribution in [0.2, 0.25) is 0 Å². The Labute approximate surface area is 110 Å². The molecule has 100 valence electrons. The van der Waals surface area contributed by atoms with Crippen molar-refractivity contribution in [3.8, 4) is 0 Å². The molecule has 0 aliphatic carbocycles. The molecule has 1 aromatic heterocycles. The second-order valence-electron chi connectivity index (χ2n) is 4.82. The summed E-state index contributed by atoms with van der Waals surface area (Å²) >= 11 is 0. The molecule has 1 aliphatic rings. The minimum absolute atomic E-state index is 1.03. The van der Waals surface area contributed by atoms with E-state index in [9.17, 15) is 0 Å². The lowest BCUT2D eigenvalue weighted by atomic mass is 10.2. The Morgan fingerprint density at radius 1 is 1.28 bits per heavy atom. The van der Waals surface area contributed by atoms with E-state index in [2.05, 4.69) is 39.2 Å². The number of nitrogens with one attached hydrogen (secondary N) is 1. The molecule has 4 heteroatoms. The van der Waals surface area contributed by atoms with Crippen LogP contribution in [0.25, 0.3) is 0 Å². The van der Waals surface area contributed by atoms with E-state index >= 15 is 0 Å². The van der Waals surface area contributed by atoms with Crippen LogP contribution < -0.4 is 5.32 Å². The normalized spacial score (nSPS) is 17.2. The van der Waals surface area contributed by atoms with Gasteiger partial charge >= 0.3 is 0 Å². The molecule has 1 aliphatic heterocycles. The number of rotatable bonds is 6. The van der Waals surface area contributed by atoms with Gasteiger partial charge in [-0.15, -0.1) is 0 Å². The monoisotopic (exact) mass is 248 g/mol. The van der Waals surface area contributed by atoms with Crippen molar-refractivity contribution in [2.45, 2.75) is 13.5 Å². The smallest absolute Gasteiger partial charge is 0.0271 e. The van der Waals surface area contributed by atoms with Gasteiger partial charge in [0.15, 0.2) is 0 Å². The molecule has 4 nitrogen and oxygen atoms in total. The molecule has 1 N–H and O–H groups in total. The molecule has 0 atom stereocenters. The zero-order chi connectivity index (χ0) is 12.6. The third-order valence-electron chi connectivity index (χ3n) is 3.54. The molecule has 0 amide bonds. The molecule has 1 saturated heterocycles. The zero-order valence-electron chi connectivity index (χ0n) is 11.3. The van der Waals surface area contributed by atoms with Crippen LogP contribution in [-0.4, -0.2) is 60.6 Å². The van der Waals surface area contributed by atoms with Crippen LogP contribution in [0.5, 0.6) is 0 Å². The van der Waals surface area contributed by atoms with Gasteiger partial charge in [0.1, 0.15) is 0 Å². The van der Waals surface area contributed by atoms with Crippen LogP contribution in [0.3, 0.4) is 0 Å². The van der Waals surface area contributed by atoms with Crippen LogP contribution in [0.4, 0.5) is 0 Å². The Morgan fingerprint density at radius 3 is 2.67 bits per heavy atom.